The van der Waals surface area contributed by atoms with E-state index in [1.165, 1.54) is 0 Å². The fraction of sp³-hybridized carbons (Fsp3) is 0.625. The molecular weight excluding hydrogens is 170 g/mol. The molecule has 5 heteroatoms. The first-order valence-corrected chi connectivity index (χ1v) is 4.09. The van der Waals surface area contributed by atoms with E-state index >= 15 is 0 Å². The minimum absolute atomic E-state index is 0.367. The minimum atomic E-state index is -0.367. The van der Waals surface area contributed by atoms with Crippen LogP contribution < -0.4 is 5.73 Å². The van der Waals surface area contributed by atoms with Crippen LogP contribution in [0.1, 0.15) is 12.0 Å². The number of methoxy groups -OCH3 is 2. The van der Waals surface area contributed by atoms with Gasteiger partial charge < -0.3 is 19.8 Å². The molecule has 74 valence electrons. The van der Waals surface area contributed by atoms with Crippen molar-refractivity contribution in [2.24, 2.45) is 5.73 Å². The van der Waals surface area contributed by atoms with Gasteiger partial charge in [0, 0.05) is 27.3 Å². The Balaban J connectivity index is 2.78. The first-order chi connectivity index (χ1) is 6.33. The molecule has 0 fully saturated rings. The van der Waals surface area contributed by atoms with Crippen LogP contribution in [0.25, 0.3) is 0 Å². The zero-order chi connectivity index (χ0) is 9.68. The van der Waals surface area contributed by atoms with Gasteiger partial charge >= 0.3 is 0 Å². The lowest BCUT2D eigenvalue weighted by molar-refractivity contribution is -0.110. The van der Waals surface area contributed by atoms with E-state index in [9.17, 15) is 0 Å². The van der Waals surface area contributed by atoms with Crippen LogP contribution in [0, 0.1) is 0 Å². The van der Waals surface area contributed by atoms with E-state index in [2.05, 4.69) is 4.98 Å². The molecule has 0 aliphatic heterocycles. The van der Waals surface area contributed by atoms with E-state index in [-0.39, 0.29) is 6.29 Å². The highest BCUT2D eigenvalue weighted by Crippen LogP contribution is 2.15. The van der Waals surface area contributed by atoms with Gasteiger partial charge in [-0.2, -0.15) is 0 Å². The van der Waals surface area contributed by atoms with Gasteiger partial charge in [-0.05, 0) is 0 Å². The lowest BCUT2D eigenvalue weighted by Gasteiger charge is -2.14. The van der Waals surface area contributed by atoms with E-state index in [1.54, 1.807) is 26.7 Å². The third-order valence-electron chi connectivity index (χ3n) is 1.78. The lowest BCUT2D eigenvalue weighted by atomic mass is 10.4. The van der Waals surface area contributed by atoms with E-state index < -0.39 is 0 Å². The molecule has 0 aliphatic carbocycles. The fourth-order valence-electron chi connectivity index (χ4n) is 1.19. The van der Waals surface area contributed by atoms with Crippen molar-refractivity contribution in [3.8, 4) is 0 Å². The SMILES string of the molecule is COC(OC)c1cncn1CCN. The Labute approximate surface area is 77.5 Å². The van der Waals surface area contributed by atoms with Crippen molar-refractivity contribution in [2.75, 3.05) is 20.8 Å². The lowest BCUT2D eigenvalue weighted by Crippen LogP contribution is -2.15. The third-order valence-corrected chi connectivity index (χ3v) is 1.78. The molecule has 5 nitrogen and oxygen atoms in total. The molecule has 1 aromatic heterocycles. The summed E-state index contributed by atoms with van der Waals surface area (Å²) < 4.78 is 12.1. The van der Waals surface area contributed by atoms with Crippen LogP contribution in [0.5, 0.6) is 0 Å². The number of aromatic nitrogens is 2. The van der Waals surface area contributed by atoms with Crippen molar-refractivity contribution in [1.29, 1.82) is 0 Å². The number of imidazole rings is 1. The Morgan fingerprint density at radius 1 is 1.54 bits per heavy atom. The minimum Gasteiger partial charge on any atom is -0.350 e. The van der Waals surface area contributed by atoms with Crippen LogP contribution in [0.2, 0.25) is 0 Å². The maximum absolute atomic E-state index is 5.44. The highest BCUT2D eigenvalue weighted by Gasteiger charge is 2.13. The van der Waals surface area contributed by atoms with Crippen LogP contribution in [0.3, 0.4) is 0 Å². The van der Waals surface area contributed by atoms with Crippen LogP contribution in [-0.2, 0) is 16.0 Å². The number of nitrogens with two attached hydrogens (primary N) is 1. The molecular formula is C8H15N3O2. The Hall–Kier alpha value is -0.910. The van der Waals surface area contributed by atoms with Gasteiger partial charge in [0.2, 0.25) is 0 Å². The van der Waals surface area contributed by atoms with Gasteiger partial charge in [0.15, 0.2) is 6.29 Å². The Morgan fingerprint density at radius 3 is 2.77 bits per heavy atom. The maximum atomic E-state index is 5.44. The van der Waals surface area contributed by atoms with Crippen molar-refractivity contribution in [3.05, 3.63) is 18.2 Å². The summed E-state index contributed by atoms with van der Waals surface area (Å²) in [6, 6.07) is 0. The van der Waals surface area contributed by atoms with Gasteiger partial charge in [-0.15, -0.1) is 0 Å². The van der Waals surface area contributed by atoms with Crippen LogP contribution in [-0.4, -0.2) is 30.3 Å². The van der Waals surface area contributed by atoms with Crippen LogP contribution in [0.15, 0.2) is 12.5 Å². The number of hydrogen-bond acceptors (Lipinski definition) is 4. The van der Waals surface area contributed by atoms with Gasteiger partial charge in [0.25, 0.3) is 0 Å². The summed E-state index contributed by atoms with van der Waals surface area (Å²) in [6.07, 6.45) is 3.06. The van der Waals surface area contributed by atoms with Crippen LogP contribution in [0.4, 0.5) is 0 Å². The second-order valence-corrected chi connectivity index (χ2v) is 2.60. The Morgan fingerprint density at radius 2 is 2.23 bits per heavy atom. The van der Waals surface area contributed by atoms with Crippen molar-refractivity contribution < 1.29 is 9.47 Å². The van der Waals surface area contributed by atoms with E-state index in [0.29, 0.717) is 6.54 Å². The van der Waals surface area contributed by atoms with Gasteiger partial charge in [-0.1, -0.05) is 0 Å². The molecule has 0 aromatic carbocycles. The van der Waals surface area contributed by atoms with Gasteiger partial charge in [-0.25, -0.2) is 4.98 Å². The van der Waals surface area contributed by atoms with Crippen molar-refractivity contribution >= 4 is 0 Å². The van der Waals surface area contributed by atoms with E-state index in [4.69, 9.17) is 15.2 Å². The summed E-state index contributed by atoms with van der Waals surface area (Å²) in [4.78, 5) is 4.00. The molecule has 1 heterocycles. The number of nitrogens with zero attached hydrogens (tertiary/aromatic N) is 2. The third kappa shape index (κ3) is 2.27. The largest absolute Gasteiger partial charge is 0.350 e. The first kappa shape index (κ1) is 10.2. The summed E-state index contributed by atoms with van der Waals surface area (Å²) in [5, 5.41) is 0. The Bertz CT molecular complexity index is 245. The fourth-order valence-corrected chi connectivity index (χ4v) is 1.19. The molecule has 0 amide bonds. The van der Waals surface area contributed by atoms with Crippen molar-refractivity contribution in [3.63, 3.8) is 0 Å². The van der Waals surface area contributed by atoms with E-state index in [1.807, 2.05) is 4.57 Å². The quantitative estimate of drug-likeness (QED) is 0.662. The first-order valence-electron chi connectivity index (χ1n) is 4.09. The van der Waals surface area contributed by atoms with Gasteiger partial charge in [0.1, 0.15) is 0 Å². The predicted octanol–water partition coefficient (Wildman–Crippen LogP) is 0.133. The zero-order valence-corrected chi connectivity index (χ0v) is 7.93. The molecule has 0 saturated carbocycles. The summed E-state index contributed by atoms with van der Waals surface area (Å²) in [7, 11) is 3.18. The Kier molecular flexibility index (Phi) is 3.88. The highest BCUT2D eigenvalue weighted by atomic mass is 16.7. The molecule has 0 atom stereocenters. The standard InChI is InChI=1S/C8H15N3O2/c1-12-8(13-2)7-5-10-6-11(7)4-3-9/h5-6,8H,3-4,9H2,1-2H3. The molecule has 1 rings (SSSR count). The molecule has 0 aliphatic rings. The summed E-state index contributed by atoms with van der Waals surface area (Å²) >= 11 is 0. The summed E-state index contributed by atoms with van der Waals surface area (Å²) in [5.41, 5.74) is 6.33. The normalized spacial score (nSPS) is 11.1. The van der Waals surface area contributed by atoms with Crippen LogP contribution >= 0.6 is 0 Å². The highest BCUT2D eigenvalue weighted by molar-refractivity contribution is 5.00. The topological polar surface area (TPSA) is 62.3 Å². The average Bonchev–Trinajstić information content (AvgIpc) is 2.57. The predicted molar refractivity (Wildman–Crippen MR) is 48.0 cm³/mol. The molecule has 0 bridgehead atoms. The second-order valence-electron chi connectivity index (χ2n) is 2.60. The zero-order valence-electron chi connectivity index (χ0n) is 7.93. The molecule has 0 saturated heterocycles. The monoisotopic (exact) mass is 185 g/mol. The molecule has 0 unspecified atom stereocenters. The molecule has 2 N–H and O–H groups in total. The van der Waals surface area contributed by atoms with Gasteiger partial charge in [-0.3, -0.25) is 0 Å². The summed E-state index contributed by atoms with van der Waals surface area (Å²) in [5.74, 6) is 0. The molecule has 13 heavy (non-hydrogen) atoms. The smallest absolute Gasteiger partial charge is 0.200 e. The second kappa shape index (κ2) is 4.96. The van der Waals surface area contributed by atoms with Gasteiger partial charge in [0.05, 0.1) is 18.2 Å². The van der Waals surface area contributed by atoms with Crippen molar-refractivity contribution in [2.45, 2.75) is 12.8 Å². The molecule has 1 aromatic rings. The average molecular weight is 185 g/mol. The van der Waals surface area contributed by atoms with E-state index in [0.717, 1.165) is 12.2 Å². The molecule has 0 radical (unpaired) electrons. The number of hydrogen-bond donors (Lipinski definition) is 1. The summed E-state index contributed by atoms with van der Waals surface area (Å²) in [6.45, 7) is 1.29. The van der Waals surface area contributed by atoms with Crippen molar-refractivity contribution in [1.82, 2.24) is 9.55 Å². The maximum Gasteiger partial charge on any atom is 0.200 e. The number of rotatable bonds is 5. The number of ether oxygens (including phenoxy) is 2. The molecule has 0 spiro atoms.